The Morgan fingerprint density at radius 3 is 2.03 bits per heavy atom. The van der Waals surface area contributed by atoms with Crippen LogP contribution in [-0.2, 0) is 10.8 Å². The van der Waals surface area contributed by atoms with Gasteiger partial charge in [-0.2, -0.15) is 0 Å². The number of rotatable bonds is 2. The third-order valence-corrected chi connectivity index (χ3v) is 16.2. The van der Waals surface area contributed by atoms with E-state index in [1.165, 1.54) is 119 Å². The molecule has 286 valence electrons. The number of aromatic nitrogens is 1. The van der Waals surface area contributed by atoms with E-state index in [0.29, 0.717) is 0 Å². The van der Waals surface area contributed by atoms with Crippen LogP contribution in [0.25, 0.3) is 55.1 Å². The average molecular weight is 805 g/mol. The Hall–Kier alpha value is -5.88. The summed E-state index contributed by atoms with van der Waals surface area (Å²) in [6.45, 7) is 11.8. The molecule has 0 radical (unpaired) electrons. The Morgan fingerprint density at radius 2 is 1.23 bits per heavy atom. The first kappa shape index (κ1) is 34.9. The largest absolute Gasteiger partial charge is 0.378 e. The lowest BCUT2D eigenvalue weighted by atomic mass is 9.44. The van der Waals surface area contributed by atoms with Crippen LogP contribution in [-0.4, -0.2) is 11.3 Å². The SMILES string of the molecule is CC(C)(C)c1ccc(N2c3cc4c(cc3B3c5c(cc6ccccc6c52)-c2cccc5c6c(n3c25)C(C)(C)c2ccccc2-6)Sc2ccccc2S4)c(-c2ccccc2)c1. The quantitative estimate of drug-likeness (QED) is 0.161. The van der Waals surface area contributed by atoms with Crippen LogP contribution in [0.3, 0.4) is 0 Å². The van der Waals surface area contributed by atoms with E-state index in [2.05, 4.69) is 202 Å². The van der Waals surface area contributed by atoms with Crippen LogP contribution in [0.1, 0.15) is 51.4 Å². The number of fused-ring (bicyclic) bond motifs is 13. The van der Waals surface area contributed by atoms with Crippen molar-refractivity contribution in [3.8, 4) is 33.4 Å². The number of anilines is 3. The molecule has 4 heterocycles. The molecule has 0 spiro atoms. The summed E-state index contributed by atoms with van der Waals surface area (Å²) in [7, 11) is 0. The molecule has 4 aliphatic rings. The second-order valence-electron chi connectivity index (χ2n) is 18.5. The highest BCUT2D eigenvalue weighted by molar-refractivity contribution is 8.05. The van der Waals surface area contributed by atoms with Gasteiger partial charge in [-0.15, -0.1) is 0 Å². The molecule has 0 atom stereocenters. The maximum Gasteiger partial charge on any atom is 0.332 e. The standard InChI is InChI=1S/C55H41BN2S2/c1-54(2,3)34-26-27-43(39(29-34)32-16-7-6-8-17-32)57-44-31-48-47(59-45-24-13-14-25-46(45)60-48)30-42(44)56-50-40(28-33-18-9-10-19-35(33)52(50)57)36-21-15-22-38-49-37-20-11-12-23-41(37)55(4,5)53(49)58(56)51(36)38/h6-31H,1-5H3. The van der Waals surface area contributed by atoms with Crippen molar-refractivity contribution in [3.63, 3.8) is 0 Å². The van der Waals surface area contributed by atoms with E-state index in [1.807, 2.05) is 23.5 Å². The Kier molecular flexibility index (Phi) is 7.06. The molecule has 0 saturated carbocycles. The zero-order valence-corrected chi connectivity index (χ0v) is 35.9. The van der Waals surface area contributed by atoms with E-state index < -0.39 is 0 Å². The van der Waals surface area contributed by atoms with E-state index in [4.69, 9.17) is 0 Å². The highest BCUT2D eigenvalue weighted by Gasteiger charge is 2.49. The van der Waals surface area contributed by atoms with Crippen LogP contribution in [0.15, 0.2) is 177 Å². The van der Waals surface area contributed by atoms with Crippen molar-refractivity contribution in [3.05, 3.63) is 175 Å². The third-order valence-electron chi connectivity index (χ3n) is 13.7. The Balaban J connectivity index is 1.20. The van der Waals surface area contributed by atoms with Crippen LogP contribution in [0.4, 0.5) is 17.1 Å². The number of benzene rings is 8. The topological polar surface area (TPSA) is 8.17 Å². The molecule has 2 nitrogen and oxygen atoms in total. The first-order chi connectivity index (χ1) is 29.2. The monoisotopic (exact) mass is 804 g/mol. The Bertz CT molecular complexity index is 3350. The van der Waals surface area contributed by atoms with Crippen LogP contribution in [0.5, 0.6) is 0 Å². The van der Waals surface area contributed by atoms with Crippen molar-refractivity contribution in [2.75, 3.05) is 4.90 Å². The van der Waals surface area contributed by atoms with E-state index >= 15 is 0 Å². The third kappa shape index (κ3) is 4.60. The summed E-state index contributed by atoms with van der Waals surface area (Å²) >= 11 is 3.83. The van der Waals surface area contributed by atoms with Crippen LogP contribution in [0.2, 0.25) is 0 Å². The summed E-state index contributed by atoms with van der Waals surface area (Å²) in [4.78, 5) is 7.96. The van der Waals surface area contributed by atoms with Gasteiger partial charge in [0.1, 0.15) is 0 Å². The maximum absolute atomic E-state index is 2.80. The summed E-state index contributed by atoms with van der Waals surface area (Å²) in [6.07, 6.45) is 0. The van der Waals surface area contributed by atoms with Gasteiger partial charge in [-0.1, -0.05) is 173 Å². The molecule has 0 amide bonds. The first-order valence-electron chi connectivity index (χ1n) is 21.1. The number of para-hydroxylation sites is 1. The number of nitrogens with zero attached hydrogens (tertiary/aromatic N) is 2. The minimum atomic E-state index is -0.199. The van der Waals surface area contributed by atoms with Gasteiger partial charge in [0.2, 0.25) is 0 Å². The van der Waals surface area contributed by atoms with E-state index in [9.17, 15) is 0 Å². The molecule has 13 rings (SSSR count). The highest BCUT2D eigenvalue weighted by Crippen LogP contribution is 2.58. The molecule has 0 bridgehead atoms. The van der Waals surface area contributed by atoms with Gasteiger partial charge in [-0.05, 0) is 92.0 Å². The summed E-state index contributed by atoms with van der Waals surface area (Å²) in [5, 5.41) is 3.89. The van der Waals surface area contributed by atoms with Gasteiger partial charge in [0, 0.05) is 69.4 Å². The van der Waals surface area contributed by atoms with Crippen LogP contribution >= 0.6 is 23.5 Å². The summed E-state index contributed by atoms with van der Waals surface area (Å²) in [5.41, 5.74) is 19.7. The van der Waals surface area contributed by atoms with Crippen molar-refractivity contribution in [1.82, 2.24) is 4.48 Å². The molecule has 1 aromatic heterocycles. The maximum atomic E-state index is 2.80. The van der Waals surface area contributed by atoms with Gasteiger partial charge in [0.25, 0.3) is 0 Å². The molecule has 5 heteroatoms. The van der Waals surface area contributed by atoms with Crippen molar-refractivity contribution in [2.45, 2.75) is 65.0 Å². The minimum Gasteiger partial charge on any atom is -0.378 e. The van der Waals surface area contributed by atoms with Crippen molar-refractivity contribution in [2.24, 2.45) is 0 Å². The smallest absolute Gasteiger partial charge is 0.332 e. The lowest BCUT2D eigenvalue weighted by molar-refractivity contribution is 0.590. The van der Waals surface area contributed by atoms with Crippen LogP contribution < -0.4 is 15.8 Å². The fraction of sp³-hybridized carbons (Fsp3) is 0.127. The molecule has 9 aromatic rings. The van der Waals surface area contributed by atoms with Crippen molar-refractivity contribution in [1.29, 1.82) is 0 Å². The van der Waals surface area contributed by atoms with Gasteiger partial charge >= 0.3 is 6.85 Å². The molecule has 0 unspecified atom stereocenters. The molecule has 0 saturated heterocycles. The molecule has 3 aliphatic heterocycles. The normalized spacial score (nSPS) is 15.0. The van der Waals surface area contributed by atoms with E-state index in [1.54, 1.807) is 0 Å². The predicted octanol–water partition coefficient (Wildman–Crippen LogP) is 14.1. The van der Waals surface area contributed by atoms with Gasteiger partial charge in [-0.25, -0.2) is 0 Å². The fourth-order valence-corrected chi connectivity index (χ4v) is 13.3. The fourth-order valence-electron chi connectivity index (χ4n) is 11.0. The molecule has 1 aliphatic carbocycles. The second-order valence-corrected chi connectivity index (χ2v) is 20.6. The molecule has 0 N–H and O–H groups in total. The summed E-state index contributed by atoms with van der Waals surface area (Å²) in [6, 6.07) is 60.2. The number of hydrogen-bond acceptors (Lipinski definition) is 3. The Labute approximate surface area is 360 Å². The van der Waals surface area contributed by atoms with Crippen molar-refractivity contribution >= 4 is 80.0 Å². The minimum absolute atomic E-state index is 0.0137. The second kappa shape index (κ2) is 12.1. The lowest BCUT2D eigenvalue weighted by Gasteiger charge is -2.43. The Morgan fingerprint density at radius 1 is 0.550 bits per heavy atom. The van der Waals surface area contributed by atoms with E-state index in [0.717, 1.165) is 0 Å². The molecule has 8 aromatic carbocycles. The van der Waals surface area contributed by atoms with Gasteiger partial charge in [0.15, 0.2) is 0 Å². The highest BCUT2D eigenvalue weighted by atomic mass is 32.2. The average Bonchev–Trinajstić information content (AvgIpc) is 3.74. The molecule has 0 fully saturated rings. The number of hydrogen-bond donors (Lipinski definition) is 0. The molecular formula is C55H41BN2S2. The lowest BCUT2D eigenvalue weighted by Crippen LogP contribution is -2.58. The predicted molar refractivity (Wildman–Crippen MR) is 256 cm³/mol. The summed E-state index contributed by atoms with van der Waals surface area (Å²) < 4.78 is 2.80. The van der Waals surface area contributed by atoms with Gasteiger partial charge in [0.05, 0.1) is 11.4 Å². The van der Waals surface area contributed by atoms with E-state index in [-0.39, 0.29) is 17.7 Å². The van der Waals surface area contributed by atoms with Crippen molar-refractivity contribution < 1.29 is 0 Å². The molecule has 60 heavy (non-hydrogen) atoms. The summed E-state index contributed by atoms with van der Waals surface area (Å²) in [5.74, 6) is 0. The van der Waals surface area contributed by atoms with Gasteiger partial charge < -0.3 is 9.38 Å². The first-order valence-corrected chi connectivity index (χ1v) is 22.8. The zero-order chi connectivity index (χ0) is 40.2. The van der Waals surface area contributed by atoms with Gasteiger partial charge in [-0.3, -0.25) is 0 Å². The zero-order valence-electron chi connectivity index (χ0n) is 34.3. The molecular weight excluding hydrogens is 764 g/mol. The van der Waals surface area contributed by atoms with Crippen LogP contribution in [0, 0.1) is 0 Å².